The number of hydrogen-bond acceptors (Lipinski definition) is 4. The Labute approximate surface area is 117 Å². The van der Waals surface area contributed by atoms with Crippen LogP contribution in [0.3, 0.4) is 0 Å². The summed E-state index contributed by atoms with van der Waals surface area (Å²) < 4.78 is 5.55. The molecule has 1 aromatic rings. The minimum Gasteiger partial charge on any atom is -0.455 e. The lowest BCUT2D eigenvalue weighted by atomic mass is 9.83. The van der Waals surface area contributed by atoms with Gasteiger partial charge in [0, 0.05) is 13.1 Å². The van der Waals surface area contributed by atoms with Crippen molar-refractivity contribution in [1.82, 2.24) is 4.90 Å². The Kier molecular flexibility index (Phi) is 4.20. The molecule has 0 aliphatic carbocycles. The largest absolute Gasteiger partial charge is 0.455 e. The molecule has 0 aromatic carbocycles. The lowest BCUT2D eigenvalue weighted by Gasteiger charge is -2.35. The first-order valence-electron chi connectivity index (χ1n) is 6.36. The molecule has 0 saturated carbocycles. The Morgan fingerprint density at radius 2 is 2.42 bits per heavy atom. The summed E-state index contributed by atoms with van der Waals surface area (Å²) in [6.07, 6.45) is 3.71. The molecule has 19 heavy (non-hydrogen) atoms. The Hall–Kier alpha value is -1.41. The van der Waals surface area contributed by atoms with Crippen molar-refractivity contribution in [3.63, 3.8) is 0 Å². The summed E-state index contributed by atoms with van der Waals surface area (Å²) in [5, 5.41) is 9.18. The highest BCUT2D eigenvalue weighted by Gasteiger charge is 2.34. The summed E-state index contributed by atoms with van der Waals surface area (Å²) in [5.74, 6) is 1.86. The van der Waals surface area contributed by atoms with Gasteiger partial charge in [0.25, 0.3) is 5.91 Å². The summed E-state index contributed by atoms with van der Waals surface area (Å²) >= 11 is 1.66. The maximum Gasteiger partial charge on any atom is 0.289 e. The SMILES string of the molecule is CSCc1ccc(C(=O)N2CCC[C@](C)(C#N)C2)o1. The monoisotopic (exact) mass is 278 g/mol. The first-order valence-corrected chi connectivity index (χ1v) is 7.75. The minimum atomic E-state index is -0.428. The fourth-order valence-corrected chi connectivity index (χ4v) is 2.81. The molecular weight excluding hydrogens is 260 g/mol. The van der Waals surface area contributed by atoms with Gasteiger partial charge in [-0.05, 0) is 38.2 Å². The van der Waals surface area contributed by atoms with Crippen molar-refractivity contribution in [3.05, 3.63) is 23.7 Å². The number of hydrogen-bond donors (Lipinski definition) is 0. The van der Waals surface area contributed by atoms with Gasteiger partial charge < -0.3 is 9.32 Å². The molecule has 1 amide bonds. The van der Waals surface area contributed by atoms with Crippen LogP contribution in [-0.2, 0) is 5.75 Å². The second kappa shape index (κ2) is 5.70. The lowest BCUT2D eigenvalue weighted by molar-refractivity contribution is 0.0597. The lowest BCUT2D eigenvalue weighted by Crippen LogP contribution is -2.44. The van der Waals surface area contributed by atoms with E-state index in [1.807, 2.05) is 19.2 Å². The maximum atomic E-state index is 12.3. The van der Waals surface area contributed by atoms with Gasteiger partial charge in [-0.15, -0.1) is 0 Å². The fraction of sp³-hybridized carbons (Fsp3) is 0.571. The van der Waals surface area contributed by atoms with Crippen molar-refractivity contribution in [1.29, 1.82) is 5.26 Å². The van der Waals surface area contributed by atoms with Crippen LogP contribution < -0.4 is 0 Å². The zero-order valence-electron chi connectivity index (χ0n) is 11.3. The van der Waals surface area contributed by atoms with Crippen molar-refractivity contribution in [2.24, 2.45) is 5.41 Å². The van der Waals surface area contributed by atoms with Crippen LogP contribution >= 0.6 is 11.8 Å². The van der Waals surface area contributed by atoms with E-state index in [1.165, 1.54) is 0 Å². The molecule has 0 N–H and O–H groups in total. The summed E-state index contributed by atoms with van der Waals surface area (Å²) in [7, 11) is 0. The van der Waals surface area contributed by atoms with E-state index in [0.29, 0.717) is 18.8 Å². The Morgan fingerprint density at radius 1 is 1.63 bits per heavy atom. The molecule has 2 rings (SSSR count). The van der Waals surface area contributed by atoms with Gasteiger partial charge in [-0.2, -0.15) is 17.0 Å². The van der Waals surface area contributed by atoms with E-state index in [1.54, 1.807) is 22.7 Å². The highest BCUT2D eigenvalue weighted by Crippen LogP contribution is 2.29. The third kappa shape index (κ3) is 3.13. The number of nitrogens with zero attached hydrogens (tertiary/aromatic N) is 2. The van der Waals surface area contributed by atoms with Gasteiger partial charge in [-0.1, -0.05) is 0 Å². The number of thioether (sulfide) groups is 1. The highest BCUT2D eigenvalue weighted by molar-refractivity contribution is 7.97. The summed E-state index contributed by atoms with van der Waals surface area (Å²) in [6, 6.07) is 5.89. The van der Waals surface area contributed by atoms with Crippen LogP contribution in [0, 0.1) is 16.7 Å². The number of likely N-dealkylation sites (tertiary alicyclic amines) is 1. The van der Waals surface area contributed by atoms with Gasteiger partial charge in [0.05, 0.1) is 17.2 Å². The van der Waals surface area contributed by atoms with E-state index in [9.17, 15) is 10.1 Å². The van der Waals surface area contributed by atoms with E-state index < -0.39 is 5.41 Å². The maximum absolute atomic E-state index is 12.3. The molecule has 5 heteroatoms. The van der Waals surface area contributed by atoms with Crippen LogP contribution in [0.4, 0.5) is 0 Å². The number of rotatable bonds is 3. The first-order chi connectivity index (χ1) is 9.08. The average Bonchev–Trinajstić information content (AvgIpc) is 2.87. The average molecular weight is 278 g/mol. The number of piperidine rings is 1. The molecule has 4 nitrogen and oxygen atoms in total. The van der Waals surface area contributed by atoms with Crippen molar-refractivity contribution < 1.29 is 9.21 Å². The number of nitriles is 1. The smallest absolute Gasteiger partial charge is 0.289 e. The van der Waals surface area contributed by atoms with Gasteiger partial charge in [0.15, 0.2) is 5.76 Å². The second-order valence-corrected chi connectivity index (χ2v) is 6.07. The molecule has 2 heterocycles. The van der Waals surface area contributed by atoms with Crippen LogP contribution in [0.25, 0.3) is 0 Å². The molecule has 1 fully saturated rings. The van der Waals surface area contributed by atoms with E-state index in [-0.39, 0.29) is 5.91 Å². The molecule has 1 atom stereocenters. The van der Waals surface area contributed by atoms with Gasteiger partial charge >= 0.3 is 0 Å². The van der Waals surface area contributed by atoms with E-state index >= 15 is 0 Å². The van der Waals surface area contributed by atoms with Crippen molar-refractivity contribution in [2.75, 3.05) is 19.3 Å². The molecular formula is C14H18N2O2S. The number of carbonyl (C=O) groups is 1. The third-order valence-corrected chi connectivity index (χ3v) is 3.99. The Bertz CT molecular complexity index is 506. The van der Waals surface area contributed by atoms with E-state index in [4.69, 9.17) is 4.42 Å². The van der Waals surface area contributed by atoms with Crippen LogP contribution in [0.2, 0.25) is 0 Å². The molecule has 1 aliphatic rings. The molecule has 0 bridgehead atoms. The van der Waals surface area contributed by atoms with Gasteiger partial charge in [0.1, 0.15) is 5.76 Å². The normalized spacial score (nSPS) is 23.1. The topological polar surface area (TPSA) is 57.2 Å². The van der Waals surface area contributed by atoms with Crippen LogP contribution in [-0.4, -0.2) is 30.2 Å². The molecule has 1 aromatic heterocycles. The number of amides is 1. The second-order valence-electron chi connectivity index (χ2n) is 5.20. The van der Waals surface area contributed by atoms with Gasteiger partial charge in [-0.3, -0.25) is 4.79 Å². The molecule has 1 aliphatic heterocycles. The number of furan rings is 1. The van der Waals surface area contributed by atoms with Crippen molar-refractivity contribution in [3.8, 4) is 6.07 Å². The zero-order valence-corrected chi connectivity index (χ0v) is 12.1. The van der Waals surface area contributed by atoms with E-state index in [0.717, 1.165) is 24.4 Å². The van der Waals surface area contributed by atoms with Gasteiger partial charge in [-0.25, -0.2) is 0 Å². The standard InChI is InChI=1S/C14H18N2O2S/c1-14(9-15)6-3-7-16(10-14)13(17)12-5-4-11(18-12)8-19-2/h4-5H,3,6-8,10H2,1-2H3/t14-/m1/s1. The molecule has 0 radical (unpaired) electrons. The van der Waals surface area contributed by atoms with Crippen LogP contribution in [0.15, 0.2) is 16.5 Å². The minimum absolute atomic E-state index is 0.103. The van der Waals surface area contributed by atoms with Crippen LogP contribution in [0.5, 0.6) is 0 Å². The summed E-state index contributed by atoms with van der Waals surface area (Å²) in [5.41, 5.74) is -0.428. The first kappa shape index (κ1) is 14.0. The molecule has 0 spiro atoms. The predicted octanol–water partition coefficient (Wildman–Crippen LogP) is 2.91. The molecule has 102 valence electrons. The third-order valence-electron chi connectivity index (χ3n) is 3.41. The number of carbonyl (C=O) groups excluding carboxylic acids is 1. The fourth-order valence-electron chi connectivity index (χ4n) is 2.37. The zero-order chi connectivity index (χ0) is 13.9. The van der Waals surface area contributed by atoms with Crippen molar-refractivity contribution >= 4 is 17.7 Å². The predicted molar refractivity (Wildman–Crippen MR) is 74.8 cm³/mol. The molecule has 1 saturated heterocycles. The Balaban J connectivity index is 2.08. The molecule has 0 unspecified atom stereocenters. The quantitative estimate of drug-likeness (QED) is 0.853. The van der Waals surface area contributed by atoms with Crippen molar-refractivity contribution in [2.45, 2.75) is 25.5 Å². The van der Waals surface area contributed by atoms with Gasteiger partial charge in [0.2, 0.25) is 0 Å². The van der Waals surface area contributed by atoms with E-state index in [2.05, 4.69) is 6.07 Å². The Morgan fingerprint density at radius 3 is 3.11 bits per heavy atom. The highest BCUT2D eigenvalue weighted by atomic mass is 32.2. The summed E-state index contributed by atoms with van der Waals surface area (Å²) in [4.78, 5) is 14.1. The van der Waals surface area contributed by atoms with Crippen LogP contribution in [0.1, 0.15) is 36.1 Å². The summed E-state index contributed by atoms with van der Waals surface area (Å²) in [6.45, 7) is 3.10.